The Balaban J connectivity index is 2.41. The third-order valence-electron chi connectivity index (χ3n) is 4.24. The Hall–Kier alpha value is -0.0400. The minimum atomic E-state index is 0.363. The van der Waals surface area contributed by atoms with Gasteiger partial charge >= 0.3 is 0 Å². The van der Waals surface area contributed by atoms with Gasteiger partial charge in [-0.2, -0.15) is 0 Å². The van der Waals surface area contributed by atoms with Gasteiger partial charge in [0, 0.05) is 11.6 Å². The second kappa shape index (κ2) is 5.16. The Kier molecular flexibility index (Phi) is 4.43. The lowest BCUT2D eigenvalue weighted by molar-refractivity contribution is 0.251. The molecule has 1 nitrogen and oxygen atoms in total. The minimum Gasteiger partial charge on any atom is -0.309 e. The van der Waals surface area contributed by atoms with E-state index >= 15 is 0 Å². The number of hydrogen-bond acceptors (Lipinski definition) is 1. The van der Waals surface area contributed by atoms with Gasteiger partial charge in [-0.1, -0.05) is 26.7 Å². The second-order valence-corrected chi connectivity index (χ2v) is 5.25. The van der Waals surface area contributed by atoms with Crippen LogP contribution in [0.5, 0.6) is 0 Å². The van der Waals surface area contributed by atoms with Crippen LogP contribution in [-0.4, -0.2) is 11.6 Å². The van der Waals surface area contributed by atoms with Crippen LogP contribution in [-0.2, 0) is 0 Å². The molecule has 1 fully saturated rings. The van der Waals surface area contributed by atoms with Gasteiger partial charge in [-0.25, -0.2) is 0 Å². The highest BCUT2D eigenvalue weighted by Gasteiger charge is 2.27. The highest BCUT2D eigenvalue weighted by Crippen LogP contribution is 2.29. The maximum absolute atomic E-state index is 3.83. The molecule has 0 bridgehead atoms. The normalized spacial score (nSPS) is 21.4. The molecule has 1 N–H and O–H groups in total. The summed E-state index contributed by atoms with van der Waals surface area (Å²) < 4.78 is 0. The van der Waals surface area contributed by atoms with Crippen molar-refractivity contribution < 1.29 is 0 Å². The minimum absolute atomic E-state index is 0.363. The van der Waals surface area contributed by atoms with E-state index in [9.17, 15) is 0 Å². The van der Waals surface area contributed by atoms with Crippen LogP contribution in [0.4, 0.5) is 0 Å². The van der Waals surface area contributed by atoms with Crippen molar-refractivity contribution in [2.45, 2.75) is 77.8 Å². The predicted molar refractivity (Wildman–Crippen MR) is 63.5 cm³/mol. The fourth-order valence-corrected chi connectivity index (χ4v) is 2.58. The first-order valence-electron chi connectivity index (χ1n) is 6.39. The summed E-state index contributed by atoms with van der Waals surface area (Å²) in [4.78, 5) is 0. The monoisotopic (exact) mass is 197 g/mol. The van der Waals surface area contributed by atoms with Crippen LogP contribution < -0.4 is 5.32 Å². The summed E-state index contributed by atoms with van der Waals surface area (Å²) in [6, 6.07) is 0.711. The van der Waals surface area contributed by atoms with Gasteiger partial charge in [0.1, 0.15) is 0 Å². The molecule has 0 saturated heterocycles. The van der Waals surface area contributed by atoms with E-state index in [0.717, 1.165) is 5.92 Å². The molecule has 0 aliphatic heterocycles. The standard InChI is InChI=1S/C13H27N/c1-5-13(4,6-2)14-11(3)12-9-7-8-10-12/h11-12,14H,5-10H2,1-4H3. The van der Waals surface area contributed by atoms with Gasteiger partial charge in [-0.05, 0) is 45.4 Å². The molecule has 14 heavy (non-hydrogen) atoms. The summed E-state index contributed by atoms with van der Waals surface area (Å²) in [5.74, 6) is 0.937. The van der Waals surface area contributed by atoms with Crippen LogP contribution in [0.3, 0.4) is 0 Å². The van der Waals surface area contributed by atoms with Crippen molar-refractivity contribution in [2.24, 2.45) is 5.92 Å². The van der Waals surface area contributed by atoms with Crippen molar-refractivity contribution in [3.05, 3.63) is 0 Å². The molecule has 0 aromatic carbocycles. The molecular weight excluding hydrogens is 170 g/mol. The highest BCUT2D eigenvalue weighted by atomic mass is 15.0. The quantitative estimate of drug-likeness (QED) is 0.708. The lowest BCUT2D eigenvalue weighted by Crippen LogP contribution is -2.48. The Bertz CT molecular complexity index is 155. The van der Waals surface area contributed by atoms with Crippen molar-refractivity contribution in [3.8, 4) is 0 Å². The lowest BCUT2D eigenvalue weighted by Gasteiger charge is -2.34. The van der Waals surface area contributed by atoms with Gasteiger partial charge in [0.15, 0.2) is 0 Å². The van der Waals surface area contributed by atoms with Crippen molar-refractivity contribution in [3.63, 3.8) is 0 Å². The summed E-state index contributed by atoms with van der Waals surface area (Å²) in [6.07, 6.45) is 8.26. The van der Waals surface area contributed by atoms with Gasteiger partial charge in [-0.15, -0.1) is 0 Å². The zero-order valence-corrected chi connectivity index (χ0v) is 10.4. The molecule has 1 aliphatic rings. The number of nitrogens with one attached hydrogen (secondary N) is 1. The Morgan fingerprint density at radius 2 is 1.71 bits per heavy atom. The van der Waals surface area contributed by atoms with Crippen LogP contribution in [0.25, 0.3) is 0 Å². The summed E-state index contributed by atoms with van der Waals surface area (Å²) >= 11 is 0. The molecule has 1 atom stereocenters. The van der Waals surface area contributed by atoms with E-state index in [4.69, 9.17) is 0 Å². The molecule has 0 heterocycles. The van der Waals surface area contributed by atoms with E-state index in [0.29, 0.717) is 11.6 Å². The summed E-state index contributed by atoms with van der Waals surface area (Å²) in [7, 11) is 0. The first-order chi connectivity index (χ1) is 6.61. The molecule has 84 valence electrons. The van der Waals surface area contributed by atoms with Crippen LogP contribution in [0, 0.1) is 5.92 Å². The van der Waals surface area contributed by atoms with Gasteiger partial charge in [-0.3, -0.25) is 0 Å². The van der Waals surface area contributed by atoms with Crippen molar-refractivity contribution >= 4 is 0 Å². The van der Waals surface area contributed by atoms with Crippen molar-refractivity contribution in [1.82, 2.24) is 5.32 Å². The Labute approximate surface area is 89.7 Å². The summed E-state index contributed by atoms with van der Waals surface area (Å²) in [5, 5.41) is 3.83. The van der Waals surface area contributed by atoms with Gasteiger partial charge in [0.2, 0.25) is 0 Å². The Morgan fingerprint density at radius 3 is 2.14 bits per heavy atom. The molecule has 1 rings (SSSR count). The molecule has 0 amide bonds. The molecule has 0 aromatic heterocycles. The SMILES string of the molecule is CCC(C)(CC)NC(C)C1CCCC1. The predicted octanol–water partition coefficient (Wildman–Crippen LogP) is 3.73. The first-order valence-corrected chi connectivity index (χ1v) is 6.39. The second-order valence-electron chi connectivity index (χ2n) is 5.25. The van der Waals surface area contributed by atoms with Gasteiger partial charge in [0.05, 0.1) is 0 Å². The topological polar surface area (TPSA) is 12.0 Å². The average Bonchev–Trinajstić information content (AvgIpc) is 2.70. The lowest BCUT2D eigenvalue weighted by atomic mass is 9.91. The van der Waals surface area contributed by atoms with Gasteiger partial charge in [0.25, 0.3) is 0 Å². The molecular formula is C13H27N. The van der Waals surface area contributed by atoms with Gasteiger partial charge < -0.3 is 5.32 Å². The largest absolute Gasteiger partial charge is 0.309 e. The summed E-state index contributed by atoms with van der Waals surface area (Å²) in [6.45, 7) is 9.31. The molecule has 1 aliphatic carbocycles. The van der Waals surface area contributed by atoms with Crippen LogP contribution >= 0.6 is 0 Å². The van der Waals surface area contributed by atoms with E-state index in [1.807, 2.05) is 0 Å². The third kappa shape index (κ3) is 2.98. The van der Waals surface area contributed by atoms with E-state index in [1.165, 1.54) is 38.5 Å². The zero-order chi connectivity index (χ0) is 10.6. The summed E-state index contributed by atoms with van der Waals surface area (Å²) in [5.41, 5.74) is 0.363. The number of hydrogen-bond donors (Lipinski definition) is 1. The van der Waals surface area contributed by atoms with E-state index in [2.05, 4.69) is 33.0 Å². The maximum Gasteiger partial charge on any atom is 0.0150 e. The van der Waals surface area contributed by atoms with Crippen LogP contribution in [0.2, 0.25) is 0 Å². The molecule has 0 aromatic rings. The third-order valence-corrected chi connectivity index (χ3v) is 4.24. The molecule has 0 radical (unpaired) electrons. The molecule has 1 unspecified atom stereocenters. The van der Waals surface area contributed by atoms with E-state index in [-0.39, 0.29) is 0 Å². The highest BCUT2D eigenvalue weighted by molar-refractivity contribution is 4.86. The van der Waals surface area contributed by atoms with E-state index < -0.39 is 0 Å². The average molecular weight is 197 g/mol. The smallest absolute Gasteiger partial charge is 0.0150 e. The maximum atomic E-state index is 3.83. The van der Waals surface area contributed by atoms with Crippen LogP contribution in [0.15, 0.2) is 0 Å². The molecule has 0 spiro atoms. The van der Waals surface area contributed by atoms with E-state index in [1.54, 1.807) is 0 Å². The fourth-order valence-electron chi connectivity index (χ4n) is 2.58. The zero-order valence-electron chi connectivity index (χ0n) is 10.4. The Morgan fingerprint density at radius 1 is 1.21 bits per heavy atom. The molecule has 1 saturated carbocycles. The fraction of sp³-hybridized carbons (Fsp3) is 1.00. The first kappa shape index (κ1) is 12.0. The number of rotatable bonds is 5. The van der Waals surface area contributed by atoms with Crippen molar-refractivity contribution in [1.29, 1.82) is 0 Å². The van der Waals surface area contributed by atoms with Crippen molar-refractivity contribution in [2.75, 3.05) is 0 Å². The van der Waals surface area contributed by atoms with Crippen LogP contribution in [0.1, 0.15) is 66.2 Å². The molecule has 1 heteroatoms.